The monoisotopic (exact) mass is 205 g/mol. The number of carboxylic acids is 1. The molecular weight excluding hydrogens is 192 g/mol. The molecule has 0 aromatic rings. The molecule has 1 fully saturated rings. The Labute approximate surface area is 81.0 Å². The Morgan fingerprint density at radius 1 is 1.50 bits per heavy atom. The van der Waals surface area contributed by atoms with Crippen LogP contribution in [-0.2, 0) is 4.79 Å². The second-order valence-corrected chi connectivity index (χ2v) is 3.54. The molecule has 1 aliphatic heterocycles. The summed E-state index contributed by atoms with van der Waals surface area (Å²) in [6.07, 6.45) is 1.35. The molecule has 0 bridgehead atoms. The van der Waals surface area contributed by atoms with E-state index in [-0.39, 0.29) is 0 Å². The predicted octanol–water partition coefficient (Wildman–Crippen LogP) is 1.36. The van der Waals surface area contributed by atoms with Gasteiger partial charge in [-0.2, -0.15) is 8.78 Å². The van der Waals surface area contributed by atoms with Crippen LogP contribution in [0.3, 0.4) is 0 Å². The van der Waals surface area contributed by atoms with Crippen LogP contribution in [0.1, 0.15) is 12.8 Å². The molecule has 0 atom stereocenters. The molecule has 1 saturated heterocycles. The van der Waals surface area contributed by atoms with Crippen LogP contribution in [0.25, 0.3) is 0 Å². The molecule has 0 saturated carbocycles. The Morgan fingerprint density at radius 2 is 2.00 bits per heavy atom. The highest BCUT2D eigenvalue weighted by molar-refractivity contribution is 5.75. The molecule has 0 aliphatic carbocycles. The fraction of sp³-hybridized carbons (Fsp3) is 0.667. The number of halogens is 2. The molecule has 14 heavy (non-hydrogen) atoms. The van der Waals surface area contributed by atoms with Gasteiger partial charge in [0.25, 0.3) is 0 Å². The van der Waals surface area contributed by atoms with Gasteiger partial charge in [-0.05, 0) is 12.8 Å². The summed E-state index contributed by atoms with van der Waals surface area (Å²) >= 11 is 0. The summed E-state index contributed by atoms with van der Waals surface area (Å²) in [4.78, 5) is 11.6. The standard InChI is InChI=1S/C9H13F2NO2/c1-7-2-4-12(5-3-7)6-9(10,11)8(13)14/h1-6H2,(H,13,14). The Bertz CT molecular complexity index is 243. The number of hydrogen-bond donors (Lipinski definition) is 1. The lowest BCUT2D eigenvalue weighted by Crippen LogP contribution is -2.44. The first-order valence-corrected chi connectivity index (χ1v) is 4.42. The summed E-state index contributed by atoms with van der Waals surface area (Å²) in [5, 5.41) is 8.23. The van der Waals surface area contributed by atoms with Gasteiger partial charge in [-0.3, -0.25) is 4.90 Å². The molecule has 0 spiro atoms. The van der Waals surface area contributed by atoms with Crippen LogP contribution in [0.15, 0.2) is 12.2 Å². The summed E-state index contributed by atoms with van der Waals surface area (Å²) in [5.41, 5.74) is 1.04. The number of hydrogen-bond acceptors (Lipinski definition) is 2. The molecule has 0 aromatic heterocycles. The van der Waals surface area contributed by atoms with Crippen molar-refractivity contribution in [1.82, 2.24) is 4.90 Å². The van der Waals surface area contributed by atoms with E-state index in [9.17, 15) is 13.6 Å². The van der Waals surface area contributed by atoms with E-state index in [0.717, 1.165) is 5.57 Å². The van der Waals surface area contributed by atoms with Crippen molar-refractivity contribution in [2.75, 3.05) is 19.6 Å². The maximum Gasteiger partial charge on any atom is 0.375 e. The maximum absolute atomic E-state index is 12.8. The van der Waals surface area contributed by atoms with Crippen molar-refractivity contribution < 1.29 is 18.7 Å². The average Bonchev–Trinajstić information content (AvgIpc) is 2.08. The van der Waals surface area contributed by atoms with Gasteiger partial charge in [-0.1, -0.05) is 12.2 Å². The molecular formula is C9H13F2NO2. The van der Waals surface area contributed by atoms with Crippen molar-refractivity contribution >= 4 is 5.97 Å². The summed E-state index contributed by atoms with van der Waals surface area (Å²) in [7, 11) is 0. The highest BCUT2D eigenvalue weighted by Crippen LogP contribution is 2.20. The number of aliphatic carboxylic acids is 1. The van der Waals surface area contributed by atoms with Crippen LogP contribution in [0.4, 0.5) is 8.78 Å². The largest absolute Gasteiger partial charge is 0.477 e. The van der Waals surface area contributed by atoms with E-state index in [1.165, 1.54) is 4.90 Å². The van der Waals surface area contributed by atoms with Crippen LogP contribution in [-0.4, -0.2) is 41.5 Å². The number of carboxylic acid groups (broad SMARTS) is 1. The lowest BCUT2D eigenvalue weighted by molar-refractivity contribution is -0.167. The minimum atomic E-state index is -3.64. The van der Waals surface area contributed by atoms with Gasteiger partial charge < -0.3 is 5.11 Å². The van der Waals surface area contributed by atoms with Gasteiger partial charge in [0.05, 0.1) is 6.54 Å². The number of rotatable bonds is 3. The zero-order valence-electron chi connectivity index (χ0n) is 7.80. The highest BCUT2D eigenvalue weighted by Gasteiger charge is 2.40. The van der Waals surface area contributed by atoms with E-state index in [1.807, 2.05) is 0 Å². The molecule has 1 N–H and O–H groups in total. The Morgan fingerprint density at radius 3 is 2.43 bits per heavy atom. The normalized spacial score (nSPS) is 19.7. The van der Waals surface area contributed by atoms with Gasteiger partial charge in [0.15, 0.2) is 0 Å². The van der Waals surface area contributed by atoms with Crippen molar-refractivity contribution in [3.8, 4) is 0 Å². The molecule has 0 aromatic carbocycles. The Balaban J connectivity index is 2.45. The van der Waals surface area contributed by atoms with Gasteiger partial charge >= 0.3 is 11.9 Å². The van der Waals surface area contributed by atoms with E-state index < -0.39 is 18.4 Å². The topological polar surface area (TPSA) is 40.5 Å². The van der Waals surface area contributed by atoms with Crippen LogP contribution in [0.5, 0.6) is 0 Å². The number of carbonyl (C=O) groups is 1. The Kier molecular flexibility index (Phi) is 3.21. The van der Waals surface area contributed by atoms with Gasteiger partial charge in [-0.25, -0.2) is 4.79 Å². The number of alkyl halides is 2. The lowest BCUT2D eigenvalue weighted by Gasteiger charge is -2.29. The first-order chi connectivity index (χ1) is 6.42. The minimum Gasteiger partial charge on any atom is -0.477 e. The first-order valence-electron chi connectivity index (χ1n) is 4.42. The first kappa shape index (κ1) is 11.1. The fourth-order valence-electron chi connectivity index (χ4n) is 1.38. The molecule has 0 radical (unpaired) electrons. The van der Waals surface area contributed by atoms with Crippen LogP contribution in [0.2, 0.25) is 0 Å². The van der Waals surface area contributed by atoms with Crippen LogP contribution >= 0.6 is 0 Å². The summed E-state index contributed by atoms with van der Waals surface area (Å²) in [6.45, 7) is 4.00. The lowest BCUT2D eigenvalue weighted by atomic mass is 10.1. The molecule has 80 valence electrons. The summed E-state index contributed by atoms with van der Waals surface area (Å²) in [5.74, 6) is -5.69. The van der Waals surface area contributed by atoms with Crippen molar-refractivity contribution in [3.05, 3.63) is 12.2 Å². The smallest absolute Gasteiger partial charge is 0.375 e. The van der Waals surface area contributed by atoms with E-state index in [1.54, 1.807) is 0 Å². The Hall–Kier alpha value is -0.970. The third-order valence-corrected chi connectivity index (χ3v) is 2.30. The molecule has 1 rings (SSSR count). The molecule has 0 unspecified atom stereocenters. The van der Waals surface area contributed by atoms with Crippen molar-refractivity contribution in [2.45, 2.75) is 18.8 Å². The quantitative estimate of drug-likeness (QED) is 0.707. The van der Waals surface area contributed by atoms with Gasteiger partial charge in [-0.15, -0.1) is 0 Å². The van der Waals surface area contributed by atoms with Gasteiger partial charge in [0.2, 0.25) is 0 Å². The highest BCUT2D eigenvalue weighted by atomic mass is 19.3. The average molecular weight is 205 g/mol. The fourth-order valence-corrected chi connectivity index (χ4v) is 1.38. The molecule has 1 heterocycles. The van der Waals surface area contributed by atoms with E-state index in [4.69, 9.17) is 5.11 Å². The molecule has 5 heteroatoms. The summed E-state index contributed by atoms with van der Waals surface area (Å²) in [6, 6.07) is 0. The van der Waals surface area contributed by atoms with E-state index >= 15 is 0 Å². The second kappa shape index (κ2) is 4.04. The predicted molar refractivity (Wildman–Crippen MR) is 47.4 cm³/mol. The number of nitrogens with zero attached hydrogens (tertiary/aromatic N) is 1. The maximum atomic E-state index is 12.8. The zero-order valence-corrected chi connectivity index (χ0v) is 7.80. The number of piperidine rings is 1. The summed E-state index contributed by atoms with van der Waals surface area (Å²) < 4.78 is 25.5. The number of likely N-dealkylation sites (tertiary alicyclic amines) is 1. The van der Waals surface area contributed by atoms with Crippen molar-refractivity contribution in [1.29, 1.82) is 0 Å². The minimum absolute atomic E-state index is 0.474. The van der Waals surface area contributed by atoms with Crippen LogP contribution < -0.4 is 0 Å². The molecule has 3 nitrogen and oxygen atoms in total. The van der Waals surface area contributed by atoms with Crippen molar-refractivity contribution in [3.63, 3.8) is 0 Å². The molecule has 1 aliphatic rings. The van der Waals surface area contributed by atoms with Crippen LogP contribution in [0, 0.1) is 0 Å². The van der Waals surface area contributed by atoms with E-state index in [0.29, 0.717) is 25.9 Å². The van der Waals surface area contributed by atoms with Gasteiger partial charge in [0.1, 0.15) is 0 Å². The van der Waals surface area contributed by atoms with Gasteiger partial charge in [0, 0.05) is 13.1 Å². The third-order valence-electron chi connectivity index (χ3n) is 2.30. The second-order valence-electron chi connectivity index (χ2n) is 3.54. The van der Waals surface area contributed by atoms with Crippen molar-refractivity contribution in [2.24, 2.45) is 0 Å². The zero-order chi connectivity index (χ0) is 10.8. The van der Waals surface area contributed by atoms with E-state index in [2.05, 4.69) is 6.58 Å². The SMILES string of the molecule is C=C1CCN(CC(F)(F)C(=O)O)CC1. The third kappa shape index (κ3) is 2.77. The molecule has 0 amide bonds.